The third-order valence-electron chi connectivity index (χ3n) is 6.69. The van der Waals surface area contributed by atoms with E-state index in [1.54, 1.807) is 26.0 Å². The number of carbonyl (C=O) groups excluding carboxylic acids is 3. The molecule has 186 valence electrons. The summed E-state index contributed by atoms with van der Waals surface area (Å²) in [6.45, 7) is 3.35. The Bertz CT molecular complexity index is 914. The van der Waals surface area contributed by atoms with Gasteiger partial charge < -0.3 is 24.4 Å². The summed E-state index contributed by atoms with van der Waals surface area (Å²) in [4.78, 5) is 41.4. The molecule has 8 nitrogen and oxygen atoms in total. The molecule has 2 amide bonds. The molecule has 0 radical (unpaired) electrons. The van der Waals surface area contributed by atoms with Crippen LogP contribution in [0.15, 0.2) is 36.0 Å². The van der Waals surface area contributed by atoms with Gasteiger partial charge in [-0.05, 0) is 50.7 Å². The van der Waals surface area contributed by atoms with E-state index in [2.05, 4.69) is 5.32 Å². The standard InChI is InChI=1S/C26H36N2O6/c1-4-34-25(31)26-14-8-7-12-22(26)28(16-9-17-32-2)24(30)20(26)18-23(29)27-15-13-19-10-5-6-11-21(19)33-3/h5-6,10-12,20H,4,7-9,13-18H2,1-3H3,(H,27,29)/t20-,26-/m0/s1. The van der Waals surface area contributed by atoms with Crippen LogP contribution in [0.5, 0.6) is 5.75 Å². The fourth-order valence-electron chi connectivity index (χ4n) is 5.12. The van der Waals surface area contributed by atoms with Crippen LogP contribution in [0, 0.1) is 11.3 Å². The lowest BCUT2D eigenvalue weighted by Gasteiger charge is -2.35. The van der Waals surface area contributed by atoms with Crippen LogP contribution in [0.25, 0.3) is 0 Å². The van der Waals surface area contributed by atoms with Crippen molar-refractivity contribution in [3.63, 3.8) is 0 Å². The number of nitrogens with zero attached hydrogens (tertiary/aromatic N) is 1. The minimum absolute atomic E-state index is 0.0539. The van der Waals surface area contributed by atoms with E-state index in [1.165, 1.54) is 0 Å². The molecule has 0 saturated carbocycles. The minimum Gasteiger partial charge on any atom is -0.496 e. The molecule has 1 N–H and O–H groups in total. The molecule has 3 rings (SSSR count). The van der Waals surface area contributed by atoms with E-state index >= 15 is 0 Å². The number of benzene rings is 1. The third-order valence-corrected chi connectivity index (χ3v) is 6.69. The molecule has 1 saturated heterocycles. The van der Waals surface area contributed by atoms with Crippen molar-refractivity contribution in [2.24, 2.45) is 11.3 Å². The van der Waals surface area contributed by atoms with E-state index < -0.39 is 17.3 Å². The highest BCUT2D eigenvalue weighted by Crippen LogP contribution is 2.53. The monoisotopic (exact) mass is 472 g/mol. The molecule has 34 heavy (non-hydrogen) atoms. The molecular weight excluding hydrogens is 436 g/mol. The summed E-state index contributed by atoms with van der Waals surface area (Å²) in [5.74, 6) is -0.840. The van der Waals surface area contributed by atoms with E-state index in [-0.39, 0.29) is 24.8 Å². The van der Waals surface area contributed by atoms with Gasteiger partial charge in [0.1, 0.15) is 11.2 Å². The zero-order valence-electron chi connectivity index (χ0n) is 20.4. The molecule has 1 aromatic carbocycles. The van der Waals surface area contributed by atoms with Crippen molar-refractivity contribution in [1.82, 2.24) is 10.2 Å². The second-order valence-electron chi connectivity index (χ2n) is 8.68. The summed E-state index contributed by atoms with van der Waals surface area (Å²) in [6.07, 6.45) is 5.24. The Morgan fingerprint density at radius 1 is 1.24 bits per heavy atom. The van der Waals surface area contributed by atoms with Crippen molar-refractivity contribution in [1.29, 1.82) is 0 Å². The number of hydrogen-bond acceptors (Lipinski definition) is 6. The van der Waals surface area contributed by atoms with Gasteiger partial charge in [-0.2, -0.15) is 0 Å². The molecule has 1 fully saturated rings. The second-order valence-corrected chi connectivity index (χ2v) is 8.68. The number of methoxy groups -OCH3 is 2. The predicted octanol–water partition coefficient (Wildman–Crippen LogP) is 2.86. The van der Waals surface area contributed by atoms with E-state index in [0.717, 1.165) is 24.2 Å². The summed E-state index contributed by atoms with van der Waals surface area (Å²) >= 11 is 0. The van der Waals surface area contributed by atoms with Gasteiger partial charge in [-0.3, -0.25) is 14.4 Å². The van der Waals surface area contributed by atoms with Crippen molar-refractivity contribution in [3.8, 4) is 5.75 Å². The number of nitrogens with one attached hydrogen (secondary N) is 1. The molecule has 0 spiro atoms. The lowest BCUT2D eigenvalue weighted by molar-refractivity contribution is -0.158. The highest BCUT2D eigenvalue weighted by atomic mass is 16.5. The van der Waals surface area contributed by atoms with Gasteiger partial charge in [-0.15, -0.1) is 0 Å². The van der Waals surface area contributed by atoms with Gasteiger partial charge in [-0.25, -0.2) is 0 Å². The minimum atomic E-state index is -1.10. The van der Waals surface area contributed by atoms with Gasteiger partial charge in [-0.1, -0.05) is 24.3 Å². The van der Waals surface area contributed by atoms with Crippen LogP contribution in [0.3, 0.4) is 0 Å². The van der Waals surface area contributed by atoms with E-state index in [1.807, 2.05) is 30.3 Å². The van der Waals surface area contributed by atoms with Gasteiger partial charge >= 0.3 is 5.97 Å². The predicted molar refractivity (Wildman–Crippen MR) is 127 cm³/mol. The molecule has 0 unspecified atom stereocenters. The molecular formula is C26H36N2O6. The summed E-state index contributed by atoms with van der Waals surface area (Å²) in [6, 6.07) is 7.66. The Hall–Kier alpha value is -2.87. The van der Waals surface area contributed by atoms with Crippen LogP contribution < -0.4 is 10.1 Å². The molecule has 1 aliphatic heterocycles. The number of rotatable bonds is 12. The number of hydrogen-bond donors (Lipinski definition) is 1. The number of ether oxygens (including phenoxy) is 3. The van der Waals surface area contributed by atoms with Crippen molar-refractivity contribution in [2.45, 2.75) is 45.4 Å². The first-order valence-electron chi connectivity index (χ1n) is 12.1. The third kappa shape index (κ3) is 5.27. The largest absolute Gasteiger partial charge is 0.496 e. The molecule has 1 aromatic rings. The lowest BCUT2D eigenvalue weighted by Crippen LogP contribution is -2.43. The summed E-state index contributed by atoms with van der Waals surface area (Å²) in [5, 5.41) is 2.92. The summed E-state index contributed by atoms with van der Waals surface area (Å²) in [7, 11) is 3.23. The van der Waals surface area contributed by atoms with Crippen molar-refractivity contribution in [3.05, 3.63) is 41.6 Å². The summed E-state index contributed by atoms with van der Waals surface area (Å²) < 4.78 is 16.0. The fraction of sp³-hybridized carbons (Fsp3) is 0.577. The highest BCUT2D eigenvalue weighted by Gasteiger charge is 2.61. The highest BCUT2D eigenvalue weighted by molar-refractivity contribution is 5.99. The Morgan fingerprint density at radius 3 is 2.76 bits per heavy atom. The van der Waals surface area contributed by atoms with Crippen LogP contribution in [-0.2, 0) is 30.3 Å². The topological polar surface area (TPSA) is 94.2 Å². The van der Waals surface area contributed by atoms with E-state index in [9.17, 15) is 14.4 Å². The Kier molecular flexibility index (Phi) is 9.10. The maximum absolute atomic E-state index is 13.5. The van der Waals surface area contributed by atoms with Crippen molar-refractivity contribution >= 4 is 17.8 Å². The summed E-state index contributed by atoms with van der Waals surface area (Å²) in [5.41, 5.74) is 0.593. The number of amides is 2. The zero-order chi connectivity index (χ0) is 24.6. The van der Waals surface area contributed by atoms with E-state index in [4.69, 9.17) is 14.2 Å². The van der Waals surface area contributed by atoms with Crippen molar-refractivity contribution in [2.75, 3.05) is 40.5 Å². The normalized spacial score (nSPS) is 21.6. The number of carbonyl (C=O) groups is 3. The Morgan fingerprint density at radius 2 is 2.03 bits per heavy atom. The molecule has 1 aliphatic carbocycles. The van der Waals surface area contributed by atoms with E-state index in [0.29, 0.717) is 44.7 Å². The average Bonchev–Trinajstić information content (AvgIpc) is 3.08. The SMILES string of the molecule is CCOC(=O)[C@]12CCCC=C1N(CCCOC)C(=O)[C@@H]2CC(=O)NCCc1ccccc1OC. The molecule has 2 atom stereocenters. The molecule has 8 heteroatoms. The molecule has 0 aromatic heterocycles. The quantitative estimate of drug-likeness (QED) is 0.371. The lowest BCUT2D eigenvalue weighted by atomic mass is 9.68. The maximum atomic E-state index is 13.5. The first-order valence-corrected chi connectivity index (χ1v) is 12.1. The number of fused-ring (bicyclic) bond motifs is 1. The number of likely N-dealkylation sites (tertiary alicyclic amines) is 1. The van der Waals surface area contributed by atoms with Crippen LogP contribution in [-0.4, -0.2) is 63.2 Å². The van der Waals surface area contributed by atoms with Crippen LogP contribution in [0.2, 0.25) is 0 Å². The smallest absolute Gasteiger partial charge is 0.318 e. The first kappa shape index (κ1) is 25.7. The van der Waals surface area contributed by atoms with Crippen LogP contribution >= 0.6 is 0 Å². The zero-order valence-corrected chi connectivity index (χ0v) is 20.4. The van der Waals surface area contributed by atoms with Crippen molar-refractivity contribution < 1.29 is 28.6 Å². The number of para-hydroxylation sites is 1. The Labute approximate surface area is 201 Å². The van der Waals surface area contributed by atoms with Gasteiger partial charge in [0, 0.05) is 38.9 Å². The van der Waals surface area contributed by atoms with Gasteiger partial charge in [0.05, 0.1) is 19.6 Å². The van der Waals surface area contributed by atoms with Crippen LogP contribution in [0.4, 0.5) is 0 Å². The Balaban J connectivity index is 1.76. The fourth-order valence-corrected chi connectivity index (χ4v) is 5.12. The first-order chi connectivity index (χ1) is 16.5. The number of esters is 1. The molecule has 1 heterocycles. The van der Waals surface area contributed by atoms with Gasteiger partial charge in [0.15, 0.2) is 0 Å². The molecule has 0 bridgehead atoms. The average molecular weight is 473 g/mol. The maximum Gasteiger partial charge on any atom is 0.318 e. The second kappa shape index (κ2) is 12.0. The van der Waals surface area contributed by atoms with Crippen LogP contribution in [0.1, 0.15) is 44.6 Å². The van der Waals surface area contributed by atoms with Gasteiger partial charge in [0.25, 0.3) is 0 Å². The van der Waals surface area contributed by atoms with Gasteiger partial charge in [0.2, 0.25) is 11.8 Å². The molecule has 2 aliphatic rings. The number of allylic oxidation sites excluding steroid dienone is 1.